The molecule has 0 spiro atoms. The first-order chi connectivity index (χ1) is 12.9. The van der Waals surface area contributed by atoms with Gasteiger partial charge in [0.1, 0.15) is 5.69 Å². The van der Waals surface area contributed by atoms with Crippen LogP contribution in [0.2, 0.25) is 0 Å². The molecule has 0 unspecified atom stereocenters. The number of hydrogen-bond donors (Lipinski definition) is 0. The molecule has 27 heavy (non-hydrogen) atoms. The van der Waals surface area contributed by atoms with Crippen LogP contribution in [-0.2, 0) is 0 Å². The minimum atomic E-state index is -2.73. The molecule has 0 bridgehead atoms. The zero-order chi connectivity index (χ0) is 19.1. The number of amides is 1. The lowest BCUT2D eigenvalue weighted by molar-refractivity contribution is 0.0722. The van der Waals surface area contributed by atoms with Crippen molar-refractivity contribution in [1.29, 1.82) is 0 Å². The summed E-state index contributed by atoms with van der Waals surface area (Å²) in [7, 11) is 0. The molecule has 0 N–H and O–H groups in total. The van der Waals surface area contributed by atoms with Crippen LogP contribution in [0.3, 0.4) is 0 Å². The van der Waals surface area contributed by atoms with Crippen molar-refractivity contribution in [2.45, 2.75) is 39.2 Å². The fraction of sp³-hybridized carbons (Fsp3) is 0.368. The Kier molecular flexibility index (Phi) is 4.33. The number of carbonyl (C=O) groups excluding carboxylic acids is 1. The van der Waals surface area contributed by atoms with Gasteiger partial charge >= 0.3 is 0 Å². The highest BCUT2D eigenvalue weighted by atomic mass is 19.3. The number of alkyl halides is 2. The number of aryl methyl sites for hydroxylation is 2. The van der Waals surface area contributed by atoms with E-state index < -0.39 is 6.43 Å². The van der Waals surface area contributed by atoms with Crippen LogP contribution in [0.4, 0.5) is 8.78 Å². The van der Waals surface area contributed by atoms with Crippen LogP contribution in [0.15, 0.2) is 30.3 Å². The van der Waals surface area contributed by atoms with Gasteiger partial charge < -0.3 is 4.90 Å². The summed E-state index contributed by atoms with van der Waals surface area (Å²) in [6.45, 7) is 4.20. The highest BCUT2D eigenvalue weighted by Gasteiger charge is 2.33. The van der Waals surface area contributed by atoms with E-state index in [1.807, 2.05) is 25.1 Å². The van der Waals surface area contributed by atoms with Crippen LogP contribution in [0.1, 0.15) is 58.4 Å². The predicted molar refractivity (Wildman–Crippen MR) is 94.7 cm³/mol. The maximum Gasteiger partial charge on any atom is 0.294 e. The number of nitrogens with zero attached hydrogens (tertiary/aromatic N) is 5. The van der Waals surface area contributed by atoms with Crippen molar-refractivity contribution < 1.29 is 13.6 Å². The quantitative estimate of drug-likeness (QED) is 0.705. The first-order valence-electron chi connectivity index (χ1n) is 8.84. The molecule has 1 aliphatic rings. The second kappa shape index (κ2) is 6.68. The molecule has 2 aromatic heterocycles. The molecule has 0 aliphatic carbocycles. The van der Waals surface area contributed by atoms with Gasteiger partial charge in [-0.25, -0.2) is 13.8 Å². The number of hydrogen-bond acceptors (Lipinski definition) is 4. The van der Waals surface area contributed by atoms with E-state index in [9.17, 15) is 13.6 Å². The Bertz CT molecular complexity index is 1020. The fourth-order valence-corrected chi connectivity index (χ4v) is 3.62. The first-order valence-corrected chi connectivity index (χ1v) is 8.84. The highest BCUT2D eigenvalue weighted by Crippen LogP contribution is 2.33. The van der Waals surface area contributed by atoms with Crippen LogP contribution in [-0.4, -0.2) is 36.9 Å². The van der Waals surface area contributed by atoms with Crippen molar-refractivity contribution in [2.24, 2.45) is 0 Å². The van der Waals surface area contributed by atoms with Crippen LogP contribution < -0.4 is 0 Å². The van der Waals surface area contributed by atoms with Crippen molar-refractivity contribution in [3.63, 3.8) is 0 Å². The summed E-state index contributed by atoms with van der Waals surface area (Å²) in [4.78, 5) is 23.0. The fourth-order valence-electron chi connectivity index (χ4n) is 3.62. The zero-order valence-corrected chi connectivity index (χ0v) is 15.1. The summed E-state index contributed by atoms with van der Waals surface area (Å²) in [5, 5.41) is 4.04. The summed E-state index contributed by atoms with van der Waals surface area (Å²) in [5.74, 6) is -0.447. The van der Waals surface area contributed by atoms with Crippen molar-refractivity contribution in [3.05, 3.63) is 58.7 Å². The molecule has 1 fully saturated rings. The minimum Gasteiger partial charge on any atom is -0.329 e. The maximum atomic E-state index is 13.3. The van der Waals surface area contributed by atoms with E-state index in [4.69, 9.17) is 0 Å². The average Bonchev–Trinajstić information content (AvgIpc) is 3.27. The molecule has 1 aromatic carbocycles. The number of likely N-dealkylation sites (tertiary alicyclic amines) is 1. The van der Waals surface area contributed by atoms with Crippen molar-refractivity contribution in [2.75, 3.05) is 6.54 Å². The van der Waals surface area contributed by atoms with E-state index in [2.05, 4.69) is 21.1 Å². The predicted octanol–water partition coefficient (Wildman–Crippen LogP) is 3.66. The molecule has 1 atom stereocenters. The lowest BCUT2D eigenvalue weighted by atomic mass is 10.0. The van der Waals surface area contributed by atoms with Crippen molar-refractivity contribution in [1.82, 2.24) is 24.5 Å². The Labute approximate surface area is 154 Å². The Hall–Kier alpha value is -2.90. The Balaban J connectivity index is 1.71. The van der Waals surface area contributed by atoms with Gasteiger partial charge in [-0.1, -0.05) is 29.8 Å². The van der Waals surface area contributed by atoms with E-state index in [1.165, 1.54) is 6.07 Å². The molecular weight excluding hydrogens is 352 g/mol. The summed E-state index contributed by atoms with van der Waals surface area (Å²) < 4.78 is 27.6. The van der Waals surface area contributed by atoms with Gasteiger partial charge in [0.15, 0.2) is 0 Å². The van der Waals surface area contributed by atoms with Gasteiger partial charge in [0.05, 0.1) is 6.04 Å². The van der Waals surface area contributed by atoms with E-state index in [-0.39, 0.29) is 29.2 Å². The third-order valence-corrected chi connectivity index (χ3v) is 4.82. The molecule has 6 nitrogen and oxygen atoms in total. The number of fused-ring (bicyclic) bond motifs is 1. The van der Waals surface area contributed by atoms with Gasteiger partial charge in [0.2, 0.25) is 5.82 Å². The third kappa shape index (κ3) is 3.15. The second-order valence-electron chi connectivity index (χ2n) is 6.84. The molecule has 0 radical (unpaired) electrons. The number of halogens is 2. The Morgan fingerprint density at radius 3 is 2.78 bits per heavy atom. The van der Waals surface area contributed by atoms with E-state index in [0.29, 0.717) is 12.2 Å². The van der Waals surface area contributed by atoms with Gasteiger partial charge in [0, 0.05) is 12.2 Å². The molecule has 4 rings (SSSR count). The van der Waals surface area contributed by atoms with E-state index >= 15 is 0 Å². The van der Waals surface area contributed by atoms with Crippen molar-refractivity contribution >= 4 is 11.7 Å². The largest absolute Gasteiger partial charge is 0.329 e. The zero-order valence-electron chi connectivity index (χ0n) is 15.1. The van der Waals surface area contributed by atoms with Gasteiger partial charge in [-0.15, -0.1) is 5.10 Å². The van der Waals surface area contributed by atoms with Crippen LogP contribution in [0, 0.1) is 13.8 Å². The summed E-state index contributed by atoms with van der Waals surface area (Å²) in [5.41, 5.74) is 2.27. The smallest absolute Gasteiger partial charge is 0.294 e. The first kappa shape index (κ1) is 17.5. The molecule has 1 saturated heterocycles. The van der Waals surface area contributed by atoms with Crippen LogP contribution >= 0.6 is 0 Å². The average molecular weight is 371 g/mol. The van der Waals surface area contributed by atoms with Crippen molar-refractivity contribution in [3.8, 4) is 0 Å². The molecular formula is C19H19F2N5O. The van der Waals surface area contributed by atoms with Gasteiger partial charge in [-0.05, 0) is 38.3 Å². The van der Waals surface area contributed by atoms with Gasteiger partial charge in [-0.3, -0.25) is 4.79 Å². The standard InChI is InChI=1S/C19H19F2N5O/c1-11-5-3-6-13(9-11)14-7-4-8-25(14)18(27)17-23-19-22-12(2)10-15(16(20)21)26(19)24-17/h3,5-6,9-10,14,16H,4,7-8H2,1-2H3/t14-/m1/s1. The topological polar surface area (TPSA) is 63.4 Å². The Morgan fingerprint density at radius 1 is 1.22 bits per heavy atom. The third-order valence-electron chi connectivity index (χ3n) is 4.82. The van der Waals surface area contributed by atoms with E-state index in [0.717, 1.165) is 28.5 Å². The minimum absolute atomic E-state index is 0.0138. The lowest BCUT2D eigenvalue weighted by Crippen LogP contribution is -2.31. The number of benzene rings is 1. The Morgan fingerprint density at radius 2 is 2.04 bits per heavy atom. The molecule has 1 amide bonds. The lowest BCUT2D eigenvalue weighted by Gasteiger charge is -2.24. The van der Waals surface area contributed by atoms with E-state index in [1.54, 1.807) is 11.8 Å². The summed E-state index contributed by atoms with van der Waals surface area (Å²) in [6, 6.07) is 9.23. The molecule has 3 heterocycles. The molecule has 140 valence electrons. The SMILES string of the molecule is Cc1cccc([C@H]2CCCN2C(=O)c2nc3nc(C)cc(C(F)F)n3n2)c1. The second-order valence-corrected chi connectivity index (χ2v) is 6.84. The number of aromatic nitrogens is 4. The highest BCUT2D eigenvalue weighted by molar-refractivity contribution is 5.91. The maximum absolute atomic E-state index is 13.3. The summed E-state index contributed by atoms with van der Waals surface area (Å²) >= 11 is 0. The number of carbonyl (C=O) groups is 1. The summed E-state index contributed by atoms with van der Waals surface area (Å²) in [6.07, 6.45) is -1.01. The van der Waals surface area contributed by atoms with Gasteiger partial charge in [-0.2, -0.15) is 9.50 Å². The molecule has 8 heteroatoms. The monoisotopic (exact) mass is 371 g/mol. The van der Waals surface area contributed by atoms with Crippen LogP contribution in [0.25, 0.3) is 5.78 Å². The molecule has 3 aromatic rings. The molecule has 0 saturated carbocycles. The molecule has 1 aliphatic heterocycles. The van der Waals surface area contributed by atoms with Crippen LogP contribution in [0.5, 0.6) is 0 Å². The number of rotatable bonds is 3. The normalized spacial score (nSPS) is 17.2. The van der Waals surface area contributed by atoms with Gasteiger partial charge in [0.25, 0.3) is 18.1 Å².